The Hall–Kier alpha value is -4.33. The van der Waals surface area contributed by atoms with E-state index in [1.165, 1.54) is 0 Å². The zero-order valence-corrected chi connectivity index (χ0v) is 19.0. The number of aromatic nitrogens is 3. The summed E-state index contributed by atoms with van der Waals surface area (Å²) in [5.74, 6) is 1.88. The number of pyridine rings is 1. The third kappa shape index (κ3) is 3.94. The van der Waals surface area contributed by atoms with E-state index < -0.39 is 0 Å². The second-order valence-corrected chi connectivity index (χ2v) is 7.92. The number of anilines is 1. The molecule has 172 valence electrons. The first kappa shape index (κ1) is 21.5. The number of hydrogen-bond donors (Lipinski definition) is 1. The van der Waals surface area contributed by atoms with Gasteiger partial charge in [-0.25, -0.2) is 14.5 Å². The van der Waals surface area contributed by atoms with E-state index in [9.17, 15) is 4.79 Å². The van der Waals surface area contributed by atoms with Crippen molar-refractivity contribution in [2.75, 3.05) is 26.1 Å². The quantitative estimate of drug-likeness (QED) is 0.480. The molecule has 0 saturated heterocycles. The van der Waals surface area contributed by atoms with Gasteiger partial charge in [0.05, 0.1) is 25.9 Å². The molecule has 4 aromatic rings. The third-order valence-corrected chi connectivity index (χ3v) is 6.00. The highest BCUT2D eigenvalue weighted by molar-refractivity contribution is 5.92. The molecule has 2 aromatic carbocycles. The fourth-order valence-corrected chi connectivity index (χ4v) is 4.42. The Kier molecular flexibility index (Phi) is 5.86. The van der Waals surface area contributed by atoms with Gasteiger partial charge >= 0.3 is 6.03 Å². The lowest BCUT2D eigenvalue weighted by atomic mass is 9.88. The molecule has 34 heavy (non-hydrogen) atoms. The van der Waals surface area contributed by atoms with Crippen molar-refractivity contribution in [1.82, 2.24) is 19.7 Å². The van der Waals surface area contributed by atoms with Gasteiger partial charge in [0.1, 0.15) is 0 Å². The molecule has 0 radical (unpaired) electrons. The first-order chi connectivity index (χ1) is 16.7. The predicted molar refractivity (Wildman–Crippen MR) is 129 cm³/mol. The Labute approximate surface area is 197 Å². The van der Waals surface area contributed by atoms with E-state index in [1.807, 2.05) is 59.5 Å². The highest BCUT2D eigenvalue weighted by Crippen LogP contribution is 2.41. The number of nitrogens with zero attached hydrogens (tertiary/aromatic N) is 4. The molecular weight excluding hydrogens is 430 g/mol. The summed E-state index contributed by atoms with van der Waals surface area (Å²) in [7, 11) is 3.25. The number of amides is 2. The zero-order valence-electron chi connectivity index (χ0n) is 19.0. The minimum Gasteiger partial charge on any atom is -0.493 e. The van der Waals surface area contributed by atoms with Crippen molar-refractivity contribution in [3.63, 3.8) is 0 Å². The van der Waals surface area contributed by atoms with Crippen LogP contribution >= 0.6 is 0 Å². The molecule has 1 unspecified atom stereocenters. The molecule has 1 atom stereocenters. The van der Waals surface area contributed by atoms with Gasteiger partial charge in [-0.1, -0.05) is 30.3 Å². The molecule has 8 nitrogen and oxygen atoms in total. The molecule has 8 heteroatoms. The van der Waals surface area contributed by atoms with Gasteiger partial charge in [0, 0.05) is 25.1 Å². The smallest absolute Gasteiger partial charge is 0.322 e. The number of benzene rings is 2. The van der Waals surface area contributed by atoms with Crippen molar-refractivity contribution in [2.45, 2.75) is 12.5 Å². The van der Waals surface area contributed by atoms with Crippen LogP contribution in [-0.4, -0.2) is 46.5 Å². The standard InChI is InChI=1S/C26H25N5O3/c1-33-22-16-19-11-15-30(24(18-8-4-3-5-9-18)20(19)17-23(22)34-2)26(32)29-21-10-6-12-27-25(21)31-14-7-13-28-31/h3-10,12-14,16-17,24H,11,15H2,1-2H3,(H,29,32). The summed E-state index contributed by atoms with van der Waals surface area (Å²) in [5, 5.41) is 7.32. The molecule has 0 bridgehead atoms. The largest absolute Gasteiger partial charge is 0.493 e. The molecule has 1 aliphatic rings. The van der Waals surface area contributed by atoms with Crippen LogP contribution in [0.25, 0.3) is 5.82 Å². The van der Waals surface area contributed by atoms with Crippen molar-refractivity contribution in [2.24, 2.45) is 0 Å². The molecule has 0 aliphatic carbocycles. The van der Waals surface area contributed by atoms with Gasteiger partial charge in [-0.15, -0.1) is 0 Å². The van der Waals surface area contributed by atoms with Gasteiger partial charge in [0.15, 0.2) is 17.3 Å². The molecule has 2 amide bonds. The number of urea groups is 1. The zero-order chi connectivity index (χ0) is 23.5. The summed E-state index contributed by atoms with van der Waals surface area (Å²) in [5.41, 5.74) is 3.75. The maximum absolute atomic E-state index is 13.7. The first-order valence-electron chi connectivity index (χ1n) is 11.0. The van der Waals surface area contributed by atoms with Gasteiger partial charge in [-0.05, 0) is 53.4 Å². The lowest BCUT2D eigenvalue weighted by Crippen LogP contribution is -2.43. The Balaban J connectivity index is 1.54. The van der Waals surface area contributed by atoms with Gasteiger partial charge in [0.25, 0.3) is 0 Å². The van der Waals surface area contributed by atoms with E-state index in [2.05, 4.69) is 15.4 Å². The van der Waals surface area contributed by atoms with Crippen LogP contribution < -0.4 is 14.8 Å². The summed E-state index contributed by atoms with van der Waals surface area (Å²) in [6.45, 7) is 0.547. The molecule has 2 aromatic heterocycles. The normalized spacial score (nSPS) is 14.9. The monoisotopic (exact) mass is 455 g/mol. The van der Waals surface area contributed by atoms with Crippen molar-refractivity contribution >= 4 is 11.7 Å². The Morgan fingerprint density at radius 1 is 1.00 bits per heavy atom. The number of carbonyl (C=O) groups excluding carboxylic acids is 1. The van der Waals surface area contributed by atoms with E-state index >= 15 is 0 Å². The second-order valence-electron chi connectivity index (χ2n) is 7.92. The van der Waals surface area contributed by atoms with E-state index in [0.717, 1.165) is 16.7 Å². The number of hydrogen-bond acceptors (Lipinski definition) is 5. The number of fused-ring (bicyclic) bond motifs is 1. The minimum atomic E-state index is -0.283. The number of ether oxygens (including phenoxy) is 2. The number of carbonyl (C=O) groups is 1. The Bertz CT molecular complexity index is 1290. The summed E-state index contributed by atoms with van der Waals surface area (Å²) in [4.78, 5) is 19.9. The predicted octanol–water partition coefficient (Wildman–Crippen LogP) is 4.46. The highest BCUT2D eigenvalue weighted by atomic mass is 16.5. The number of nitrogens with one attached hydrogen (secondary N) is 1. The van der Waals surface area contributed by atoms with Gasteiger partial charge in [-0.2, -0.15) is 5.10 Å². The number of rotatable bonds is 5. The fourth-order valence-electron chi connectivity index (χ4n) is 4.42. The lowest BCUT2D eigenvalue weighted by Gasteiger charge is -2.38. The highest BCUT2D eigenvalue weighted by Gasteiger charge is 2.33. The van der Waals surface area contributed by atoms with Crippen molar-refractivity contribution in [1.29, 1.82) is 0 Å². The number of methoxy groups -OCH3 is 2. The molecule has 3 heterocycles. The second kappa shape index (κ2) is 9.27. The van der Waals surface area contributed by atoms with Crippen molar-refractivity contribution in [3.05, 3.63) is 95.9 Å². The minimum absolute atomic E-state index is 0.212. The van der Waals surface area contributed by atoms with Gasteiger partial charge in [-0.3, -0.25) is 0 Å². The molecule has 0 spiro atoms. The van der Waals surface area contributed by atoms with Crippen LogP contribution in [0.3, 0.4) is 0 Å². The van der Waals surface area contributed by atoms with Crippen LogP contribution in [0, 0.1) is 0 Å². The molecule has 0 fully saturated rings. The van der Waals surface area contributed by atoms with Crippen LogP contribution in [0.2, 0.25) is 0 Å². The average molecular weight is 456 g/mol. The molecular formula is C26H25N5O3. The van der Waals surface area contributed by atoms with Crippen LogP contribution in [0.1, 0.15) is 22.7 Å². The SMILES string of the molecule is COc1cc2c(cc1OC)C(c1ccccc1)N(C(=O)Nc1cccnc1-n1cccn1)CC2. The third-order valence-electron chi connectivity index (χ3n) is 6.00. The summed E-state index contributed by atoms with van der Waals surface area (Å²) in [6, 6.07) is 18.9. The van der Waals surface area contributed by atoms with E-state index in [0.29, 0.717) is 36.0 Å². The van der Waals surface area contributed by atoms with Crippen LogP contribution in [0.4, 0.5) is 10.5 Å². The average Bonchev–Trinajstić information content (AvgIpc) is 3.42. The molecule has 1 aliphatic heterocycles. The topological polar surface area (TPSA) is 81.5 Å². The van der Waals surface area contributed by atoms with Crippen molar-refractivity contribution in [3.8, 4) is 17.3 Å². The Morgan fingerprint density at radius 2 is 1.79 bits per heavy atom. The van der Waals surface area contributed by atoms with Gasteiger partial charge < -0.3 is 19.7 Å². The first-order valence-corrected chi connectivity index (χ1v) is 11.0. The van der Waals surface area contributed by atoms with Crippen LogP contribution in [0.15, 0.2) is 79.3 Å². The Morgan fingerprint density at radius 3 is 2.53 bits per heavy atom. The summed E-state index contributed by atoms with van der Waals surface area (Å²) in [6.07, 6.45) is 5.85. The fraction of sp³-hybridized carbons (Fsp3) is 0.192. The lowest BCUT2D eigenvalue weighted by molar-refractivity contribution is 0.193. The van der Waals surface area contributed by atoms with Crippen molar-refractivity contribution < 1.29 is 14.3 Å². The van der Waals surface area contributed by atoms with Crippen LogP contribution in [-0.2, 0) is 6.42 Å². The molecule has 5 rings (SSSR count). The maximum atomic E-state index is 13.7. The van der Waals surface area contributed by atoms with E-state index in [4.69, 9.17) is 9.47 Å². The maximum Gasteiger partial charge on any atom is 0.322 e. The van der Waals surface area contributed by atoms with E-state index in [-0.39, 0.29) is 12.1 Å². The van der Waals surface area contributed by atoms with E-state index in [1.54, 1.807) is 43.6 Å². The summed E-state index contributed by atoms with van der Waals surface area (Å²) >= 11 is 0. The van der Waals surface area contributed by atoms with Crippen LogP contribution in [0.5, 0.6) is 11.5 Å². The summed E-state index contributed by atoms with van der Waals surface area (Å²) < 4.78 is 12.7. The molecule has 1 N–H and O–H groups in total. The van der Waals surface area contributed by atoms with Gasteiger partial charge in [0.2, 0.25) is 0 Å². The molecule has 0 saturated carbocycles.